The van der Waals surface area contributed by atoms with E-state index in [4.69, 9.17) is 0 Å². The van der Waals surface area contributed by atoms with Gasteiger partial charge in [0.2, 0.25) is 5.91 Å². The minimum Gasteiger partial charge on any atom is -0.324 e. The van der Waals surface area contributed by atoms with Gasteiger partial charge in [0.1, 0.15) is 5.82 Å². The predicted octanol–water partition coefficient (Wildman–Crippen LogP) is 4.72. The summed E-state index contributed by atoms with van der Waals surface area (Å²) in [6.07, 6.45) is 0.114. The van der Waals surface area contributed by atoms with Crippen molar-refractivity contribution < 1.29 is 14.0 Å². The molecule has 0 heterocycles. The fourth-order valence-corrected chi connectivity index (χ4v) is 2.30. The van der Waals surface area contributed by atoms with Crippen LogP contribution in [0.25, 0.3) is 0 Å². The first-order chi connectivity index (χ1) is 11.3. The van der Waals surface area contributed by atoms with Crippen LogP contribution in [0.1, 0.15) is 49.5 Å². The molecule has 3 nitrogen and oxygen atoms in total. The Morgan fingerprint density at radius 1 is 0.958 bits per heavy atom. The SMILES string of the molecule is CC(C)(C)c1ccc(C(=O)CCC(=O)Nc2ccccc2F)cc1. The maximum absolute atomic E-state index is 13.5. The Morgan fingerprint density at radius 3 is 2.17 bits per heavy atom. The van der Waals surface area contributed by atoms with E-state index in [0.29, 0.717) is 5.56 Å². The molecule has 0 fully saturated rings. The zero-order chi connectivity index (χ0) is 17.7. The van der Waals surface area contributed by atoms with Crippen LogP contribution in [0.15, 0.2) is 48.5 Å². The third-order valence-corrected chi connectivity index (χ3v) is 3.80. The van der Waals surface area contributed by atoms with Crippen LogP contribution in [0, 0.1) is 5.82 Å². The number of hydrogen-bond acceptors (Lipinski definition) is 2. The van der Waals surface area contributed by atoms with Gasteiger partial charge in [-0.3, -0.25) is 9.59 Å². The third kappa shape index (κ3) is 4.75. The highest BCUT2D eigenvalue weighted by molar-refractivity contribution is 6.00. The fourth-order valence-electron chi connectivity index (χ4n) is 2.30. The molecule has 0 radical (unpaired) electrons. The molecule has 126 valence electrons. The predicted molar refractivity (Wildman–Crippen MR) is 93.7 cm³/mol. The summed E-state index contributed by atoms with van der Waals surface area (Å²) in [7, 11) is 0. The Bertz CT molecular complexity index is 730. The van der Waals surface area contributed by atoms with Crippen LogP contribution in [-0.4, -0.2) is 11.7 Å². The second-order valence-corrected chi connectivity index (χ2v) is 6.78. The van der Waals surface area contributed by atoms with Crippen LogP contribution in [0.5, 0.6) is 0 Å². The zero-order valence-corrected chi connectivity index (χ0v) is 14.2. The van der Waals surface area contributed by atoms with Crippen LogP contribution >= 0.6 is 0 Å². The van der Waals surface area contributed by atoms with E-state index in [1.807, 2.05) is 12.1 Å². The van der Waals surface area contributed by atoms with E-state index in [1.165, 1.54) is 12.1 Å². The maximum Gasteiger partial charge on any atom is 0.224 e. The molecular weight excluding hydrogens is 305 g/mol. The number of hydrogen-bond donors (Lipinski definition) is 1. The van der Waals surface area contributed by atoms with Crippen molar-refractivity contribution in [2.75, 3.05) is 5.32 Å². The minimum atomic E-state index is -0.491. The summed E-state index contributed by atoms with van der Waals surface area (Å²) < 4.78 is 13.5. The van der Waals surface area contributed by atoms with Crippen molar-refractivity contribution in [3.8, 4) is 0 Å². The molecule has 2 rings (SSSR count). The van der Waals surface area contributed by atoms with Crippen molar-refractivity contribution in [3.05, 3.63) is 65.5 Å². The molecule has 0 bridgehead atoms. The molecule has 0 aliphatic heterocycles. The van der Waals surface area contributed by atoms with Gasteiger partial charge in [0.15, 0.2) is 5.78 Å². The summed E-state index contributed by atoms with van der Waals surface area (Å²) in [5.41, 5.74) is 1.89. The van der Waals surface area contributed by atoms with Crippen LogP contribution < -0.4 is 5.32 Å². The first-order valence-corrected chi connectivity index (χ1v) is 7.95. The van der Waals surface area contributed by atoms with Gasteiger partial charge in [0.25, 0.3) is 0 Å². The summed E-state index contributed by atoms with van der Waals surface area (Å²) in [5, 5.41) is 2.48. The van der Waals surface area contributed by atoms with Crippen LogP contribution in [-0.2, 0) is 10.2 Å². The van der Waals surface area contributed by atoms with Crippen LogP contribution in [0.4, 0.5) is 10.1 Å². The largest absolute Gasteiger partial charge is 0.324 e. The zero-order valence-electron chi connectivity index (χ0n) is 14.2. The normalized spacial score (nSPS) is 11.2. The average Bonchev–Trinajstić information content (AvgIpc) is 2.54. The van der Waals surface area contributed by atoms with Crippen molar-refractivity contribution >= 4 is 17.4 Å². The highest BCUT2D eigenvalue weighted by Crippen LogP contribution is 2.22. The monoisotopic (exact) mass is 327 g/mol. The Morgan fingerprint density at radius 2 is 1.58 bits per heavy atom. The molecule has 0 atom stereocenters. The van der Waals surface area contributed by atoms with Crippen LogP contribution in [0.2, 0.25) is 0 Å². The number of ketones is 1. The molecule has 0 spiro atoms. The van der Waals surface area contributed by atoms with E-state index in [9.17, 15) is 14.0 Å². The van der Waals surface area contributed by atoms with Crippen molar-refractivity contribution in [2.24, 2.45) is 0 Å². The number of nitrogens with one attached hydrogen (secondary N) is 1. The number of rotatable bonds is 5. The smallest absolute Gasteiger partial charge is 0.224 e. The van der Waals surface area contributed by atoms with Gasteiger partial charge in [-0.1, -0.05) is 57.2 Å². The van der Waals surface area contributed by atoms with Crippen LogP contribution in [0.3, 0.4) is 0 Å². The summed E-state index contributed by atoms with van der Waals surface area (Å²) in [5.74, 6) is -0.964. The molecule has 2 aromatic carbocycles. The topological polar surface area (TPSA) is 46.2 Å². The second kappa shape index (κ2) is 7.39. The number of Topliss-reactive ketones (excluding diaryl/α,β-unsaturated/α-hetero) is 1. The Balaban J connectivity index is 1.91. The van der Waals surface area contributed by atoms with E-state index in [-0.39, 0.29) is 35.6 Å². The number of anilines is 1. The number of carbonyl (C=O) groups excluding carboxylic acids is 2. The molecule has 0 aliphatic rings. The van der Waals surface area contributed by atoms with Gasteiger partial charge in [-0.25, -0.2) is 4.39 Å². The van der Waals surface area contributed by atoms with Gasteiger partial charge >= 0.3 is 0 Å². The van der Waals surface area contributed by atoms with Crippen molar-refractivity contribution in [3.63, 3.8) is 0 Å². The lowest BCUT2D eigenvalue weighted by Gasteiger charge is -2.18. The molecular formula is C20H22FNO2. The quantitative estimate of drug-likeness (QED) is 0.807. The molecule has 1 N–H and O–H groups in total. The van der Waals surface area contributed by atoms with Crippen molar-refractivity contribution in [2.45, 2.75) is 39.0 Å². The lowest BCUT2D eigenvalue weighted by molar-refractivity contribution is -0.116. The van der Waals surface area contributed by atoms with Gasteiger partial charge in [-0.05, 0) is 23.1 Å². The van der Waals surface area contributed by atoms with Gasteiger partial charge < -0.3 is 5.32 Å². The second-order valence-electron chi connectivity index (χ2n) is 6.78. The van der Waals surface area contributed by atoms with Gasteiger partial charge in [-0.15, -0.1) is 0 Å². The average molecular weight is 327 g/mol. The van der Waals surface area contributed by atoms with E-state index < -0.39 is 5.82 Å². The Hall–Kier alpha value is -2.49. The summed E-state index contributed by atoms with van der Waals surface area (Å²) in [4.78, 5) is 24.0. The van der Waals surface area contributed by atoms with Gasteiger partial charge in [0.05, 0.1) is 5.69 Å². The molecule has 24 heavy (non-hydrogen) atoms. The highest BCUT2D eigenvalue weighted by atomic mass is 19.1. The number of carbonyl (C=O) groups is 2. The molecule has 0 saturated carbocycles. The van der Waals surface area contributed by atoms with E-state index in [1.54, 1.807) is 24.3 Å². The Kier molecular flexibility index (Phi) is 5.50. The molecule has 0 aromatic heterocycles. The molecule has 2 aromatic rings. The summed E-state index contributed by atoms with van der Waals surface area (Å²) in [6, 6.07) is 13.4. The highest BCUT2D eigenvalue weighted by Gasteiger charge is 2.15. The van der Waals surface area contributed by atoms with E-state index in [2.05, 4.69) is 26.1 Å². The molecule has 0 unspecified atom stereocenters. The third-order valence-electron chi connectivity index (χ3n) is 3.80. The fraction of sp³-hybridized carbons (Fsp3) is 0.300. The first kappa shape index (κ1) is 17.9. The molecule has 0 aliphatic carbocycles. The minimum absolute atomic E-state index is 0.0220. The molecule has 1 amide bonds. The molecule has 0 saturated heterocycles. The number of halogens is 1. The number of benzene rings is 2. The number of para-hydroxylation sites is 1. The first-order valence-electron chi connectivity index (χ1n) is 7.95. The summed E-state index contributed by atoms with van der Waals surface area (Å²) in [6.45, 7) is 6.32. The van der Waals surface area contributed by atoms with Gasteiger partial charge in [-0.2, -0.15) is 0 Å². The van der Waals surface area contributed by atoms with E-state index >= 15 is 0 Å². The van der Waals surface area contributed by atoms with Gasteiger partial charge in [0, 0.05) is 18.4 Å². The summed E-state index contributed by atoms with van der Waals surface area (Å²) >= 11 is 0. The van der Waals surface area contributed by atoms with E-state index in [0.717, 1.165) is 5.56 Å². The van der Waals surface area contributed by atoms with Crippen molar-refractivity contribution in [1.29, 1.82) is 0 Å². The Labute approximate surface area is 141 Å². The lowest BCUT2D eigenvalue weighted by atomic mass is 9.86. The number of amides is 1. The maximum atomic E-state index is 13.5. The van der Waals surface area contributed by atoms with Crippen molar-refractivity contribution in [1.82, 2.24) is 0 Å². The molecule has 4 heteroatoms. The lowest BCUT2D eigenvalue weighted by Crippen LogP contribution is -2.15. The standard InChI is InChI=1S/C20H22FNO2/c1-20(2,3)15-10-8-14(9-11-15)18(23)12-13-19(24)22-17-7-5-4-6-16(17)21/h4-11H,12-13H2,1-3H3,(H,22,24).